The summed E-state index contributed by atoms with van der Waals surface area (Å²) in [6.45, 7) is 5.60. The highest BCUT2D eigenvalue weighted by Crippen LogP contribution is 2.38. The van der Waals surface area contributed by atoms with Gasteiger partial charge in [0.05, 0.1) is 4.90 Å². The van der Waals surface area contributed by atoms with Crippen molar-refractivity contribution in [3.63, 3.8) is 0 Å². The highest BCUT2D eigenvalue weighted by molar-refractivity contribution is 7.90. The molecule has 10 heteroatoms. The van der Waals surface area contributed by atoms with Crippen molar-refractivity contribution >= 4 is 39.0 Å². The molecule has 8 nitrogen and oxygen atoms in total. The summed E-state index contributed by atoms with van der Waals surface area (Å²) < 4.78 is 26.3. The monoisotopic (exact) mass is 637 g/mol. The molecule has 2 fully saturated rings. The van der Waals surface area contributed by atoms with Crippen molar-refractivity contribution in [3.8, 4) is 0 Å². The van der Waals surface area contributed by atoms with Crippen LogP contribution in [0.15, 0.2) is 71.6 Å². The molecule has 2 N–H and O–H groups in total. The van der Waals surface area contributed by atoms with Crippen LogP contribution in [0.25, 0.3) is 0 Å². The van der Waals surface area contributed by atoms with Gasteiger partial charge in [-0.3, -0.25) is 5.43 Å². The number of anilines is 2. The summed E-state index contributed by atoms with van der Waals surface area (Å²) in [5.74, 6) is 1.27. The average molecular weight is 638 g/mol. The van der Waals surface area contributed by atoms with Crippen molar-refractivity contribution in [1.82, 2.24) is 20.1 Å². The first-order valence-electron chi connectivity index (χ1n) is 15.5. The van der Waals surface area contributed by atoms with Crippen LogP contribution in [0.1, 0.15) is 42.4 Å². The van der Waals surface area contributed by atoms with E-state index in [1.807, 2.05) is 18.0 Å². The van der Waals surface area contributed by atoms with Gasteiger partial charge in [0, 0.05) is 36.0 Å². The summed E-state index contributed by atoms with van der Waals surface area (Å²) in [7, 11) is 0.427. The summed E-state index contributed by atoms with van der Waals surface area (Å²) in [5, 5.41) is 2.64. The number of carbonyl (C=O) groups is 1. The second kappa shape index (κ2) is 14.3. The smallest absolute Gasteiger partial charge is 0.341 e. The molecule has 3 aliphatic rings. The van der Waals surface area contributed by atoms with Gasteiger partial charge in [0.2, 0.25) is 0 Å². The summed E-state index contributed by atoms with van der Waals surface area (Å²) in [4.78, 5) is 16.7. The number of aryl methyl sites for hydroxylation is 3. The van der Waals surface area contributed by atoms with Gasteiger partial charge in [0.25, 0.3) is 10.0 Å². The van der Waals surface area contributed by atoms with E-state index in [2.05, 4.69) is 70.4 Å². The maximum absolute atomic E-state index is 12.1. The van der Waals surface area contributed by atoms with E-state index in [1.54, 1.807) is 12.1 Å². The zero-order chi connectivity index (χ0) is 31.3. The molecule has 0 radical (unpaired) electrons. The Labute approximate surface area is 267 Å². The fraction of sp³-hybridized carbons (Fsp3) is 0.441. The number of fused-ring (bicyclic) bond motifs is 3. The van der Waals surface area contributed by atoms with E-state index < -0.39 is 16.1 Å². The summed E-state index contributed by atoms with van der Waals surface area (Å²) in [6, 6.07) is 20.8. The van der Waals surface area contributed by atoms with Crippen LogP contribution in [0.3, 0.4) is 0 Å². The lowest BCUT2D eigenvalue weighted by atomic mass is 10.0. The Morgan fingerprint density at radius 2 is 1.59 bits per heavy atom. The van der Waals surface area contributed by atoms with Gasteiger partial charge >= 0.3 is 6.03 Å². The zero-order valence-electron chi connectivity index (χ0n) is 25.9. The molecular weight excluding hydrogens is 594 g/mol. The lowest BCUT2D eigenvalue weighted by Gasteiger charge is -2.27. The van der Waals surface area contributed by atoms with Gasteiger partial charge < -0.3 is 9.80 Å². The van der Waals surface area contributed by atoms with Crippen LogP contribution >= 0.6 is 11.6 Å². The molecule has 2 atom stereocenters. The van der Waals surface area contributed by atoms with Gasteiger partial charge in [-0.25, -0.2) is 22.9 Å². The molecule has 2 unspecified atom stereocenters. The van der Waals surface area contributed by atoms with Crippen LogP contribution in [0.4, 0.5) is 16.2 Å². The molecule has 2 aliphatic heterocycles. The van der Waals surface area contributed by atoms with Crippen LogP contribution in [-0.2, 0) is 22.9 Å². The average Bonchev–Trinajstić information content (AvgIpc) is 3.53. The molecule has 0 spiro atoms. The first kappa shape index (κ1) is 32.3. The molecule has 1 saturated carbocycles. The predicted octanol–water partition coefficient (Wildman–Crippen LogP) is 6.16. The molecular formula is C34H44ClN5O3S. The van der Waals surface area contributed by atoms with Crippen molar-refractivity contribution in [1.29, 1.82) is 0 Å². The fourth-order valence-electron chi connectivity index (χ4n) is 6.56. The van der Waals surface area contributed by atoms with E-state index in [0.717, 1.165) is 56.0 Å². The number of hydrazine groups is 1. The molecule has 1 aliphatic carbocycles. The Morgan fingerprint density at radius 3 is 2.27 bits per heavy atom. The third-order valence-corrected chi connectivity index (χ3v) is 10.4. The number of carbonyl (C=O) groups excluding carboxylic acids is 1. The quantitative estimate of drug-likeness (QED) is 0.323. The van der Waals surface area contributed by atoms with Crippen LogP contribution in [0.5, 0.6) is 0 Å². The number of urea groups is 1. The zero-order valence-corrected chi connectivity index (χ0v) is 27.5. The number of hydrogen-bond acceptors (Lipinski definition) is 6. The van der Waals surface area contributed by atoms with Crippen LogP contribution in [0, 0.1) is 18.8 Å². The van der Waals surface area contributed by atoms with Gasteiger partial charge in [-0.1, -0.05) is 60.0 Å². The molecule has 0 bridgehead atoms. The predicted molar refractivity (Wildman–Crippen MR) is 178 cm³/mol. The second-order valence-corrected chi connectivity index (χ2v) is 14.5. The molecule has 3 aromatic rings. The van der Waals surface area contributed by atoms with Crippen molar-refractivity contribution in [2.45, 2.75) is 50.3 Å². The van der Waals surface area contributed by atoms with E-state index in [4.69, 9.17) is 11.6 Å². The number of halogens is 1. The lowest BCUT2D eigenvalue weighted by Crippen LogP contribution is -2.48. The van der Waals surface area contributed by atoms with Crippen LogP contribution in [-0.4, -0.2) is 64.6 Å². The molecule has 1 saturated heterocycles. The van der Waals surface area contributed by atoms with Gasteiger partial charge in [-0.05, 0) is 113 Å². The number of benzene rings is 3. The summed E-state index contributed by atoms with van der Waals surface area (Å²) in [5.41, 5.74) is 9.05. The molecule has 0 aromatic heterocycles. The Bertz CT molecular complexity index is 1530. The SMILES string of the molecule is CN(C)CCCN1c2ccccc2CCc2ccc(Cl)cc21.Cc1ccc(S(=O)(=O)NC(=O)NN2CC3CCCC3C2)cc1. The van der Waals surface area contributed by atoms with Gasteiger partial charge in [-0.15, -0.1) is 0 Å². The second-order valence-electron chi connectivity index (χ2n) is 12.4. The van der Waals surface area contributed by atoms with Crippen molar-refractivity contribution < 1.29 is 13.2 Å². The highest BCUT2D eigenvalue weighted by atomic mass is 35.5. The standard InChI is InChI=1S/C19H23ClN2.C15H21N3O3S/c1-21(2)12-5-13-22-18-7-4-3-6-15(18)8-9-16-10-11-17(20)14-19(16)22;1-11-5-7-14(8-6-11)22(20,21)17-15(19)16-18-9-12-3-2-4-13(12)10-18/h3-4,6-7,10-11,14H,5,8-9,12-13H2,1-2H3;5-8,12-13H,2-4,9-10H2,1H3,(H2,16,17,19). The molecule has 2 heterocycles. The van der Waals surface area contributed by atoms with Crippen molar-refractivity contribution in [3.05, 3.63) is 88.4 Å². The van der Waals surface area contributed by atoms with Crippen molar-refractivity contribution in [2.75, 3.05) is 45.2 Å². The number of nitrogens with one attached hydrogen (secondary N) is 2. The van der Waals surface area contributed by atoms with Gasteiger partial charge in [0.1, 0.15) is 0 Å². The number of hydrogen-bond donors (Lipinski definition) is 2. The lowest BCUT2D eigenvalue weighted by molar-refractivity contribution is 0.195. The minimum Gasteiger partial charge on any atom is -0.341 e. The molecule has 6 rings (SSSR count). The molecule has 44 heavy (non-hydrogen) atoms. The number of para-hydroxylation sites is 1. The van der Waals surface area contributed by atoms with Crippen LogP contribution in [0.2, 0.25) is 5.02 Å². The topological polar surface area (TPSA) is 85.0 Å². The molecule has 236 valence electrons. The Hall–Kier alpha value is -3.11. The Kier molecular flexibility index (Phi) is 10.5. The van der Waals surface area contributed by atoms with Crippen LogP contribution < -0.4 is 15.0 Å². The first-order valence-corrected chi connectivity index (χ1v) is 17.4. The Morgan fingerprint density at radius 1 is 0.932 bits per heavy atom. The maximum atomic E-state index is 12.1. The third kappa shape index (κ3) is 8.13. The van der Waals surface area contributed by atoms with Gasteiger partial charge in [-0.2, -0.15) is 0 Å². The Balaban J connectivity index is 0.000000175. The number of rotatable bonds is 7. The molecule has 3 aromatic carbocycles. The number of amides is 2. The van der Waals surface area contributed by atoms with E-state index in [1.165, 1.54) is 53.9 Å². The third-order valence-electron chi connectivity index (χ3n) is 8.82. The fourth-order valence-corrected chi connectivity index (χ4v) is 7.63. The van der Waals surface area contributed by atoms with E-state index in [-0.39, 0.29) is 4.90 Å². The summed E-state index contributed by atoms with van der Waals surface area (Å²) >= 11 is 6.27. The minimum atomic E-state index is -3.83. The van der Waals surface area contributed by atoms with E-state index in [0.29, 0.717) is 11.8 Å². The van der Waals surface area contributed by atoms with E-state index in [9.17, 15) is 13.2 Å². The van der Waals surface area contributed by atoms with Gasteiger partial charge in [0.15, 0.2) is 0 Å². The molecule has 2 amide bonds. The maximum Gasteiger partial charge on any atom is 0.343 e. The summed E-state index contributed by atoms with van der Waals surface area (Å²) in [6.07, 6.45) is 6.96. The largest absolute Gasteiger partial charge is 0.343 e. The number of nitrogens with zero attached hydrogens (tertiary/aromatic N) is 3. The number of sulfonamides is 1. The first-order chi connectivity index (χ1) is 21.1. The highest BCUT2D eigenvalue weighted by Gasteiger charge is 2.37. The minimum absolute atomic E-state index is 0.0894. The normalized spacial score (nSPS) is 19.3. The van der Waals surface area contributed by atoms with E-state index >= 15 is 0 Å². The van der Waals surface area contributed by atoms with Crippen molar-refractivity contribution in [2.24, 2.45) is 11.8 Å².